The van der Waals surface area contributed by atoms with Crippen LogP contribution in [0.15, 0.2) is 170 Å². The largest absolute Gasteiger partial charge is 0.335 e. The highest BCUT2D eigenvalue weighted by Crippen LogP contribution is 2.67. The predicted molar refractivity (Wildman–Crippen MR) is 338 cm³/mol. The topological polar surface area (TPSA) is 9.72 Å². The Bertz CT molecular complexity index is 3760. The first-order valence-electron chi connectivity index (χ1n) is 30.0. The van der Waals surface area contributed by atoms with Crippen molar-refractivity contribution in [1.29, 1.82) is 0 Å². The SMILES string of the molecule is CC(C)(C)c1ccc2c(c1)B1c3cc(C(C)(C)C)cc4c3N(c3cc(N5c6ccc(-c7ccccc7)cc6C6(C)CCCCC56C)cc(c31)N2c1ccc(C(C)(C)C)cc1-c1ccccc1)C1(C)CCCCC41c1ccccc1. The van der Waals surface area contributed by atoms with Gasteiger partial charge in [0.25, 0.3) is 6.71 Å². The van der Waals surface area contributed by atoms with E-state index in [0.717, 1.165) is 25.7 Å². The number of fused-ring (bicyclic) bond motifs is 10. The number of nitrogens with zero attached hydrogens (tertiary/aromatic N) is 3. The summed E-state index contributed by atoms with van der Waals surface area (Å²) in [5.41, 5.74) is 26.5. The predicted octanol–water partition coefficient (Wildman–Crippen LogP) is 18.0. The fraction of sp³-hybridized carbons (Fsp3) is 0.360. The number of benzene rings is 8. The van der Waals surface area contributed by atoms with Crippen molar-refractivity contribution < 1.29 is 0 Å². The quantitative estimate of drug-likeness (QED) is 0.159. The van der Waals surface area contributed by atoms with Gasteiger partial charge in [0.05, 0.1) is 16.8 Å². The van der Waals surface area contributed by atoms with E-state index in [9.17, 15) is 0 Å². The molecule has 4 atom stereocenters. The molecular formula is C75H80BN3. The van der Waals surface area contributed by atoms with Gasteiger partial charge in [-0.2, -0.15) is 0 Å². The first kappa shape index (κ1) is 50.4. The van der Waals surface area contributed by atoms with Gasteiger partial charge in [-0.3, -0.25) is 0 Å². The maximum absolute atomic E-state index is 2.99. The average Bonchev–Trinajstić information content (AvgIpc) is 1.92. The third-order valence-corrected chi connectivity index (χ3v) is 21.1. The van der Waals surface area contributed by atoms with Crippen LogP contribution in [0.2, 0.25) is 0 Å². The van der Waals surface area contributed by atoms with E-state index in [1.165, 1.54) is 138 Å². The van der Waals surface area contributed by atoms with Crippen LogP contribution in [0.4, 0.5) is 39.8 Å². The van der Waals surface area contributed by atoms with Crippen molar-refractivity contribution in [1.82, 2.24) is 0 Å². The third kappa shape index (κ3) is 7.04. The van der Waals surface area contributed by atoms with Gasteiger partial charge in [-0.25, -0.2) is 0 Å². The van der Waals surface area contributed by atoms with Crippen LogP contribution >= 0.6 is 0 Å². The summed E-state index contributed by atoms with van der Waals surface area (Å²) in [7, 11) is 0. The molecule has 14 rings (SSSR count). The van der Waals surface area contributed by atoms with Gasteiger partial charge in [0.15, 0.2) is 0 Å². The van der Waals surface area contributed by atoms with Gasteiger partial charge >= 0.3 is 0 Å². The molecule has 4 unspecified atom stereocenters. The van der Waals surface area contributed by atoms with E-state index in [1.54, 1.807) is 0 Å². The lowest BCUT2D eigenvalue weighted by Gasteiger charge is -2.54. The molecule has 4 aliphatic heterocycles. The minimum atomic E-state index is -0.254. The maximum Gasteiger partial charge on any atom is 0.252 e. The molecule has 79 heavy (non-hydrogen) atoms. The van der Waals surface area contributed by atoms with Crippen LogP contribution in [0.5, 0.6) is 0 Å². The van der Waals surface area contributed by atoms with Crippen LogP contribution < -0.4 is 31.1 Å². The van der Waals surface area contributed by atoms with Crippen LogP contribution in [0.3, 0.4) is 0 Å². The normalized spacial score (nSPS) is 23.6. The molecule has 8 aromatic rings. The number of hydrogen-bond donors (Lipinski definition) is 0. The second-order valence-electron chi connectivity index (χ2n) is 28.6. The van der Waals surface area contributed by atoms with Crippen molar-refractivity contribution in [3.05, 3.63) is 203 Å². The molecule has 0 aromatic heterocycles. The summed E-state index contributed by atoms with van der Waals surface area (Å²) >= 11 is 0. The van der Waals surface area contributed by atoms with Crippen molar-refractivity contribution in [2.75, 3.05) is 14.7 Å². The molecule has 8 aromatic carbocycles. The Labute approximate surface area is 473 Å². The van der Waals surface area contributed by atoms with E-state index in [0.29, 0.717) is 0 Å². The Hall–Kier alpha value is -6.78. The summed E-state index contributed by atoms with van der Waals surface area (Å²) < 4.78 is 0. The first-order chi connectivity index (χ1) is 37.7. The summed E-state index contributed by atoms with van der Waals surface area (Å²) in [5, 5.41) is 0. The van der Waals surface area contributed by atoms with E-state index in [2.05, 4.69) is 268 Å². The van der Waals surface area contributed by atoms with Crippen LogP contribution in [0.1, 0.15) is 168 Å². The molecular weight excluding hydrogens is 954 g/mol. The van der Waals surface area contributed by atoms with Crippen LogP contribution in [-0.2, 0) is 27.1 Å². The minimum Gasteiger partial charge on any atom is -0.335 e. The van der Waals surface area contributed by atoms with Gasteiger partial charge in [-0.05, 0) is 165 Å². The van der Waals surface area contributed by atoms with E-state index < -0.39 is 0 Å². The Morgan fingerprint density at radius 1 is 0.405 bits per heavy atom. The monoisotopic (exact) mass is 1030 g/mol. The molecule has 2 saturated carbocycles. The zero-order chi connectivity index (χ0) is 54.8. The standard InChI is InChI=1S/C75H80BN3/c1-69(2,3)53-33-36-62(57(43-53)50-28-18-14-19-29-50)77-64-37-34-54(70(4,5)6)45-60(64)76-61-46-55(71(7,8)9)44-59-68(61)79(74(12)40-24-25-41-75(59,74)52-30-20-15-21-31-52)66-48-56(47-65(77)67(66)76)78-63-35-32-51(49-26-16-13-17-27-49)42-58(63)72(10)38-22-23-39-73(72,78)11/h13-21,26-37,42-48H,22-25,38-41H2,1-12H3. The van der Waals surface area contributed by atoms with Crippen molar-refractivity contribution >= 4 is 62.9 Å². The Balaban J connectivity index is 1.14. The maximum atomic E-state index is 2.99. The van der Waals surface area contributed by atoms with Crippen molar-refractivity contribution in [3.8, 4) is 22.3 Å². The molecule has 398 valence electrons. The van der Waals surface area contributed by atoms with Gasteiger partial charge in [-0.15, -0.1) is 0 Å². The number of hydrogen-bond acceptors (Lipinski definition) is 3. The van der Waals surface area contributed by atoms with Gasteiger partial charge in [0.1, 0.15) is 0 Å². The van der Waals surface area contributed by atoms with Crippen LogP contribution in [0, 0.1) is 0 Å². The molecule has 2 fully saturated rings. The third-order valence-electron chi connectivity index (χ3n) is 21.1. The highest BCUT2D eigenvalue weighted by molar-refractivity contribution is 7.00. The molecule has 0 radical (unpaired) electrons. The average molecular weight is 1030 g/mol. The lowest BCUT2D eigenvalue weighted by Crippen LogP contribution is -2.65. The molecule has 0 N–H and O–H groups in total. The zero-order valence-corrected chi connectivity index (χ0v) is 49.2. The van der Waals surface area contributed by atoms with Crippen LogP contribution in [-0.4, -0.2) is 17.8 Å². The van der Waals surface area contributed by atoms with Gasteiger partial charge < -0.3 is 14.7 Å². The van der Waals surface area contributed by atoms with E-state index >= 15 is 0 Å². The van der Waals surface area contributed by atoms with E-state index in [4.69, 9.17) is 0 Å². The summed E-state index contributed by atoms with van der Waals surface area (Å²) in [5.74, 6) is 0. The van der Waals surface area contributed by atoms with Crippen molar-refractivity contribution in [2.45, 2.75) is 173 Å². The smallest absolute Gasteiger partial charge is 0.252 e. The molecule has 2 aliphatic carbocycles. The fourth-order valence-corrected chi connectivity index (χ4v) is 16.6. The molecule has 0 saturated heterocycles. The number of anilines is 7. The molecule has 4 heterocycles. The van der Waals surface area contributed by atoms with Gasteiger partial charge in [0.2, 0.25) is 0 Å². The minimum absolute atomic E-state index is 0.000304. The Kier molecular flexibility index (Phi) is 10.9. The summed E-state index contributed by atoms with van der Waals surface area (Å²) in [6.07, 6.45) is 9.38. The second-order valence-corrected chi connectivity index (χ2v) is 28.6. The van der Waals surface area contributed by atoms with Crippen LogP contribution in [0.25, 0.3) is 22.3 Å². The lowest BCUT2D eigenvalue weighted by molar-refractivity contribution is 0.195. The van der Waals surface area contributed by atoms with E-state index in [-0.39, 0.29) is 44.9 Å². The molecule has 3 nitrogen and oxygen atoms in total. The first-order valence-corrected chi connectivity index (χ1v) is 30.0. The van der Waals surface area contributed by atoms with Gasteiger partial charge in [0, 0.05) is 50.5 Å². The highest BCUT2D eigenvalue weighted by Gasteiger charge is 2.65. The van der Waals surface area contributed by atoms with E-state index in [1.807, 2.05) is 0 Å². The fourth-order valence-electron chi connectivity index (χ4n) is 16.6. The Morgan fingerprint density at radius 3 is 1.63 bits per heavy atom. The summed E-state index contributed by atoms with van der Waals surface area (Å²) in [6.45, 7) is 29.5. The van der Waals surface area contributed by atoms with Gasteiger partial charge in [-0.1, -0.05) is 222 Å². The molecule has 6 aliphatic rings. The zero-order valence-electron chi connectivity index (χ0n) is 49.2. The second kappa shape index (κ2) is 17.1. The number of rotatable bonds is 5. The molecule has 0 spiro atoms. The highest BCUT2D eigenvalue weighted by atomic mass is 15.3. The molecule has 0 bridgehead atoms. The Morgan fingerprint density at radius 2 is 0.962 bits per heavy atom. The van der Waals surface area contributed by atoms with Crippen molar-refractivity contribution in [3.63, 3.8) is 0 Å². The summed E-state index contributed by atoms with van der Waals surface area (Å²) in [4.78, 5) is 8.61. The summed E-state index contributed by atoms with van der Waals surface area (Å²) in [6, 6.07) is 67.4. The lowest BCUT2D eigenvalue weighted by atomic mass is 9.33. The molecule has 4 heteroatoms. The van der Waals surface area contributed by atoms with Crippen molar-refractivity contribution in [2.24, 2.45) is 0 Å². The molecule has 0 amide bonds.